The number of hydrogen-bond acceptors (Lipinski definition) is 4. The van der Waals surface area contributed by atoms with Crippen LogP contribution >= 0.6 is 0 Å². The molecule has 0 radical (unpaired) electrons. The van der Waals surface area contributed by atoms with E-state index in [1.54, 1.807) is 19.9 Å². The van der Waals surface area contributed by atoms with Gasteiger partial charge in [0.05, 0.1) is 6.04 Å². The molecular weight excluding hydrogens is 344 g/mol. The molecule has 1 rings (SSSR count). The molecule has 0 bridgehead atoms. The minimum absolute atomic E-state index is 0.00118. The van der Waals surface area contributed by atoms with E-state index in [1.807, 2.05) is 20.8 Å². The van der Waals surface area contributed by atoms with Gasteiger partial charge in [-0.1, -0.05) is 46.6 Å². The Morgan fingerprint density at radius 3 is 2.44 bits per heavy atom. The average molecular weight is 383 g/mol. The highest BCUT2D eigenvalue weighted by atomic mass is 16.8. The predicted molar refractivity (Wildman–Crippen MR) is 107 cm³/mol. The van der Waals surface area contributed by atoms with Crippen LogP contribution in [-0.4, -0.2) is 42.4 Å². The summed E-state index contributed by atoms with van der Waals surface area (Å²) < 4.78 is 11.9. The third-order valence-corrected chi connectivity index (χ3v) is 4.85. The first-order chi connectivity index (χ1) is 12.6. The van der Waals surface area contributed by atoms with E-state index in [0.717, 1.165) is 19.3 Å². The molecule has 4 unspecified atom stereocenters. The lowest BCUT2D eigenvalue weighted by atomic mass is 9.93. The van der Waals surface area contributed by atoms with Gasteiger partial charge in [0.25, 0.3) is 5.91 Å². The van der Waals surface area contributed by atoms with Crippen molar-refractivity contribution in [3.05, 3.63) is 12.7 Å². The Morgan fingerprint density at radius 2 is 1.89 bits per heavy atom. The summed E-state index contributed by atoms with van der Waals surface area (Å²) in [5.41, 5.74) is 0. The van der Waals surface area contributed by atoms with Gasteiger partial charge in [0.2, 0.25) is 5.91 Å². The molecule has 27 heavy (non-hydrogen) atoms. The number of hydrogen-bond donors (Lipinski definition) is 2. The number of amides is 2. The highest BCUT2D eigenvalue weighted by Crippen LogP contribution is 2.32. The summed E-state index contributed by atoms with van der Waals surface area (Å²) in [4.78, 5) is 25.3. The third-order valence-electron chi connectivity index (χ3n) is 4.85. The standard InChI is InChI=1S/C21H38N2O4/c1-8-10-12-15(5)19(24)23-16(14(3)4)17-18(27-21(6,7)26-17)20(25)22-13-11-9-2/h9,14-18H,2,8,10-13H2,1,3-7H3,(H,22,25)(H,23,24). The van der Waals surface area contributed by atoms with E-state index in [1.165, 1.54) is 0 Å². The largest absolute Gasteiger partial charge is 0.353 e. The fraction of sp³-hybridized carbons (Fsp3) is 0.810. The lowest BCUT2D eigenvalue weighted by Crippen LogP contribution is -2.55. The van der Waals surface area contributed by atoms with Crippen molar-refractivity contribution >= 4 is 11.8 Å². The monoisotopic (exact) mass is 382 g/mol. The molecule has 1 fully saturated rings. The van der Waals surface area contributed by atoms with Crippen LogP contribution < -0.4 is 10.6 Å². The van der Waals surface area contributed by atoms with Gasteiger partial charge in [0, 0.05) is 12.5 Å². The van der Waals surface area contributed by atoms with E-state index < -0.39 is 18.0 Å². The maximum Gasteiger partial charge on any atom is 0.252 e. The summed E-state index contributed by atoms with van der Waals surface area (Å²) in [6.07, 6.45) is 4.08. The molecule has 4 atom stereocenters. The van der Waals surface area contributed by atoms with Crippen LogP contribution in [0.5, 0.6) is 0 Å². The van der Waals surface area contributed by atoms with E-state index in [0.29, 0.717) is 13.0 Å². The van der Waals surface area contributed by atoms with Crippen LogP contribution in [0, 0.1) is 11.8 Å². The van der Waals surface area contributed by atoms with E-state index >= 15 is 0 Å². The molecule has 1 aliphatic heterocycles. The van der Waals surface area contributed by atoms with Crippen molar-refractivity contribution in [1.82, 2.24) is 10.6 Å². The second kappa shape index (κ2) is 10.8. The average Bonchev–Trinajstić information content (AvgIpc) is 2.92. The second-order valence-electron chi connectivity index (χ2n) is 8.21. The molecule has 0 aromatic carbocycles. The Morgan fingerprint density at radius 1 is 1.22 bits per heavy atom. The second-order valence-corrected chi connectivity index (χ2v) is 8.21. The van der Waals surface area contributed by atoms with Crippen molar-refractivity contribution < 1.29 is 19.1 Å². The van der Waals surface area contributed by atoms with Gasteiger partial charge < -0.3 is 20.1 Å². The Bertz CT molecular complexity index is 504. The summed E-state index contributed by atoms with van der Waals surface area (Å²) in [6.45, 7) is 15.8. The topological polar surface area (TPSA) is 76.7 Å². The van der Waals surface area contributed by atoms with Crippen LogP contribution in [0.25, 0.3) is 0 Å². The van der Waals surface area contributed by atoms with Crippen LogP contribution in [0.1, 0.15) is 67.2 Å². The first-order valence-electron chi connectivity index (χ1n) is 10.2. The van der Waals surface area contributed by atoms with Gasteiger partial charge in [-0.15, -0.1) is 6.58 Å². The summed E-state index contributed by atoms with van der Waals surface area (Å²) in [6, 6.07) is -0.307. The smallest absolute Gasteiger partial charge is 0.252 e. The molecule has 156 valence electrons. The molecule has 0 aromatic heterocycles. The van der Waals surface area contributed by atoms with Gasteiger partial charge in [0.1, 0.15) is 6.10 Å². The predicted octanol–water partition coefficient (Wildman–Crippen LogP) is 3.17. The number of carbonyl (C=O) groups excluding carboxylic acids is 2. The first kappa shape index (κ1) is 23.6. The van der Waals surface area contributed by atoms with E-state index in [2.05, 4.69) is 24.1 Å². The van der Waals surface area contributed by atoms with Crippen LogP contribution in [-0.2, 0) is 19.1 Å². The van der Waals surface area contributed by atoms with Gasteiger partial charge in [-0.3, -0.25) is 9.59 Å². The molecule has 0 saturated carbocycles. The molecule has 0 spiro atoms. The summed E-state index contributed by atoms with van der Waals surface area (Å²) in [5, 5.41) is 5.98. The number of nitrogens with one attached hydrogen (secondary N) is 2. The lowest BCUT2D eigenvalue weighted by molar-refractivity contribution is -0.157. The van der Waals surface area contributed by atoms with E-state index in [4.69, 9.17) is 9.47 Å². The minimum Gasteiger partial charge on any atom is -0.353 e. The number of rotatable bonds is 11. The quantitative estimate of drug-likeness (QED) is 0.425. The molecule has 0 aromatic rings. The van der Waals surface area contributed by atoms with E-state index in [9.17, 15) is 9.59 Å². The zero-order valence-electron chi connectivity index (χ0n) is 17.8. The fourth-order valence-electron chi connectivity index (χ4n) is 3.23. The van der Waals surface area contributed by atoms with E-state index in [-0.39, 0.29) is 29.7 Å². The molecule has 6 heteroatoms. The Kier molecular flexibility index (Phi) is 9.47. The highest BCUT2D eigenvalue weighted by Gasteiger charge is 2.49. The summed E-state index contributed by atoms with van der Waals surface area (Å²) in [7, 11) is 0. The van der Waals surface area contributed by atoms with Gasteiger partial charge in [-0.2, -0.15) is 0 Å². The van der Waals surface area contributed by atoms with Crippen LogP contribution in [0.2, 0.25) is 0 Å². The molecule has 1 aliphatic rings. The Hall–Kier alpha value is -1.40. The van der Waals surface area contributed by atoms with Crippen LogP contribution in [0.4, 0.5) is 0 Å². The van der Waals surface area contributed by atoms with Crippen molar-refractivity contribution in [2.45, 2.75) is 91.3 Å². The summed E-state index contributed by atoms with van der Waals surface area (Å²) >= 11 is 0. The minimum atomic E-state index is -0.878. The molecular formula is C21H38N2O4. The fourth-order valence-corrected chi connectivity index (χ4v) is 3.23. The highest BCUT2D eigenvalue weighted by molar-refractivity contribution is 5.82. The van der Waals surface area contributed by atoms with Crippen molar-refractivity contribution in [2.75, 3.05) is 6.54 Å². The van der Waals surface area contributed by atoms with Crippen molar-refractivity contribution in [3.63, 3.8) is 0 Å². The third kappa shape index (κ3) is 7.26. The maximum atomic E-state index is 12.7. The molecule has 0 aliphatic carbocycles. The SMILES string of the molecule is C=CCCNC(=O)C1OC(C)(C)OC1C(NC(=O)C(C)CCCC)C(C)C. The summed E-state index contributed by atoms with van der Waals surface area (Å²) in [5.74, 6) is -1.07. The molecule has 6 nitrogen and oxygen atoms in total. The van der Waals surface area contributed by atoms with Gasteiger partial charge in [-0.05, 0) is 32.6 Å². The normalized spacial score (nSPS) is 23.7. The lowest BCUT2D eigenvalue weighted by Gasteiger charge is -2.31. The Balaban J connectivity index is 2.89. The maximum absolute atomic E-state index is 12.7. The van der Waals surface area contributed by atoms with Crippen molar-refractivity contribution in [2.24, 2.45) is 11.8 Å². The van der Waals surface area contributed by atoms with Gasteiger partial charge in [0.15, 0.2) is 11.9 Å². The zero-order valence-corrected chi connectivity index (χ0v) is 17.8. The number of ether oxygens (including phenoxy) is 2. The Labute approximate surface area is 164 Å². The van der Waals surface area contributed by atoms with Crippen LogP contribution in [0.15, 0.2) is 12.7 Å². The number of carbonyl (C=O) groups is 2. The van der Waals surface area contributed by atoms with Gasteiger partial charge >= 0.3 is 0 Å². The molecule has 1 saturated heterocycles. The zero-order chi connectivity index (χ0) is 20.6. The molecule has 1 heterocycles. The molecule has 2 amide bonds. The molecule has 2 N–H and O–H groups in total. The van der Waals surface area contributed by atoms with Gasteiger partial charge in [-0.25, -0.2) is 0 Å². The first-order valence-corrected chi connectivity index (χ1v) is 10.2. The van der Waals surface area contributed by atoms with Crippen molar-refractivity contribution in [1.29, 1.82) is 0 Å². The van der Waals surface area contributed by atoms with Crippen molar-refractivity contribution in [3.8, 4) is 0 Å². The number of unbranched alkanes of at least 4 members (excludes halogenated alkanes) is 1. The van der Waals surface area contributed by atoms with Crippen LogP contribution in [0.3, 0.4) is 0 Å².